The molecule has 5 nitrogen and oxygen atoms in total. The first-order valence-corrected chi connectivity index (χ1v) is 8.49. The minimum absolute atomic E-state index is 0. The van der Waals surface area contributed by atoms with Crippen molar-refractivity contribution in [3.05, 3.63) is 35.9 Å². The highest BCUT2D eigenvalue weighted by Gasteiger charge is 2.05. The number of nitrogens with zero attached hydrogens (tertiary/aromatic N) is 1. The highest BCUT2D eigenvalue weighted by molar-refractivity contribution is 14.0. The van der Waals surface area contributed by atoms with E-state index in [1.54, 1.807) is 14.2 Å². The number of halogens is 1. The Morgan fingerprint density at radius 3 is 2.64 bits per heavy atom. The highest BCUT2D eigenvalue weighted by atomic mass is 127. The molecular weight excluding hydrogens is 413 g/mol. The minimum Gasteiger partial charge on any atom is -0.383 e. The van der Waals surface area contributed by atoms with E-state index in [0.29, 0.717) is 30.6 Å². The van der Waals surface area contributed by atoms with E-state index in [-0.39, 0.29) is 30.0 Å². The van der Waals surface area contributed by atoms with Gasteiger partial charge in [0.2, 0.25) is 0 Å². The monoisotopic (exact) mass is 439 g/mol. The lowest BCUT2D eigenvalue weighted by Gasteiger charge is -2.17. The molecular formula is C15H26IN3O2S. The molecule has 0 fully saturated rings. The average Bonchev–Trinajstić information content (AvgIpc) is 2.47. The molecule has 0 saturated carbocycles. The summed E-state index contributed by atoms with van der Waals surface area (Å²) in [5.41, 5.74) is 1.10. The predicted octanol–water partition coefficient (Wildman–Crippen LogP) is 1.75. The van der Waals surface area contributed by atoms with Gasteiger partial charge in [-0.1, -0.05) is 30.3 Å². The van der Waals surface area contributed by atoms with Crippen LogP contribution in [0.2, 0.25) is 0 Å². The first kappa shape index (κ1) is 21.3. The number of hydrogen-bond donors (Lipinski definition) is 2. The molecule has 1 aromatic carbocycles. The molecule has 2 atom stereocenters. The second-order valence-electron chi connectivity index (χ2n) is 4.77. The Morgan fingerprint density at radius 1 is 1.36 bits per heavy atom. The quantitative estimate of drug-likeness (QED) is 0.368. The molecule has 22 heavy (non-hydrogen) atoms. The van der Waals surface area contributed by atoms with Crippen molar-refractivity contribution in [3.63, 3.8) is 0 Å². The topological polar surface area (TPSA) is 62.7 Å². The number of ether oxygens (including phenoxy) is 1. The zero-order chi connectivity index (χ0) is 15.5. The molecule has 0 amide bonds. The number of nitrogens with one attached hydrogen (secondary N) is 2. The van der Waals surface area contributed by atoms with Gasteiger partial charge >= 0.3 is 0 Å². The zero-order valence-electron chi connectivity index (χ0n) is 13.4. The van der Waals surface area contributed by atoms with E-state index in [2.05, 4.69) is 15.6 Å². The van der Waals surface area contributed by atoms with Crippen LogP contribution in [0.3, 0.4) is 0 Å². The molecule has 0 aromatic heterocycles. The number of methoxy groups -OCH3 is 1. The largest absolute Gasteiger partial charge is 0.383 e. The van der Waals surface area contributed by atoms with Gasteiger partial charge in [0.05, 0.1) is 6.61 Å². The van der Waals surface area contributed by atoms with Crippen LogP contribution >= 0.6 is 24.0 Å². The molecule has 7 heteroatoms. The summed E-state index contributed by atoms with van der Waals surface area (Å²) in [5.74, 6) is 1.89. The molecule has 0 bridgehead atoms. The molecule has 126 valence electrons. The molecule has 0 aliphatic rings. The number of benzene rings is 1. The lowest BCUT2D eigenvalue weighted by atomic mass is 10.2. The molecule has 0 aliphatic carbocycles. The van der Waals surface area contributed by atoms with Crippen molar-refractivity contribution >= 4 is 40.7 Å². The molecule has 0 aliphatic heterocycles. The fourth-order valence-electron chi connectivity index (χ4n) is 1.84. The number of rotatable bonds is 8. The number of aliphatic imine (C=N–C) groups is 1. The number of guanidine groups is 1. The summed E-state index contributed by atoms with van der Waals surface area (Å²) in [6.45, 7) is 3.25. The maximum Gasteiger partial charge on any atom is 0.191 e. The van der Waals surface area contributed by atoms with E-state index in [4.69, 9.17) is 4.74 Å². The predicted molar refractivity (Wildman–Crippen MR) is 104 cm³/mol. The third kappa shape index (κ3) is 9.37. The van der Waals surface area contributed by atoms with Gasteiger partial charge in [-0.3, -0.25) is 9.20 Å². The van der Waals surface area contributed by atoms with Crippen molar-refractivity contribution in [2.75, 3.05) is 33.1 Å². The van der Waals surface area contributed by atoms with E-state index < -0.39 is 10.8 Å². The third-order valence-corrected chi connectivity index (χ3v) is 4.13. The van der Waals surface area contributed by atoms with E-state index in [0.717, 1.165) is 5.56 Å². The molecule has 0 heterocycles. The van der Waals surface area contributed by atoms with E-state index >= 15 is 0 Å². The van der Waals surface area contributed by atoms with Crippen LogP contribution < -0.4 is 10.6 Å². The fraction of sp³-hybridized carbons (Fsp3) is 0.533. The Morgan fingerprint density at radius 2 is 2.05 bits per heavy atom. The van der Waals surface area contributed by atoms with Crippen LogP contribution in [0, 0.1) is 0 Å². The van der Waals surface area contributed by atoms with Crippen molar-refractivity contribution < 1.29 is 8.95 Å². The second kappa shape index (κ2) is 12.8. The molecule has 0 spiro atoms. The van der Waals surface area contributed by atoms with Gasteiger partial charge in [0.25, 0.3) is 0 Å². The van der Waals surface area contributed by atoms with Crippen molar-refractivity contribution in [1.29, 1.82) is 0 Å². The van der Waals surface area contributed by atoms with Gasteiger partial charge in [-0.15, -0.1) is 24.0 Å². The van der Waals surface area contributed by atoms with E-state index in [9.17, 15) is 4.21 Å². The molecule has 0 radical (unpaired) electrons. The van der Waals surface area contributed by atoms with Crippen LogP contribution in [0.5, 0.6) is 0 Å². The summed E-state index contributed by atoms with van der Waals surface area (Å²) in [6.07, 6.45) is 0. The van der Waals surface area contributed by atoms with Crippen molar-refractivity contribution in [2.45, 2.75) is 18.7 Å². The standard InChI is InChI=1S/C15H25N3O2S.HI/c1-13(11-20-3)18-15(16-2)17-9-10-21(19)12-14-7-5-4-6-8-14;/h4-8,13H,9-12H2,1-3H3,(H2,16,17,18);1H. The zero-order valence-corrected chi connectivity index (χ0v) is 16.5. The van der Waals surface area contributed by atoms with Crippen LogP contribution in [0.4, 0.5) is 0 Å². The average molecular weight is 439 g/mol. The SMILES string of the molecule is CN=C(NCCS(=O)Cc1ccccc1)NC(C)COC.I. The summed E-state index contributed by atoms with van der Waals surface area (Å²) in [4.78, 5) is 4.13. The first-order chi connectivity index (χ1) is 10.2. The minimum atomic E-state index is -0.875. The van der Waals surface area contributed by atoms with Gasteiger partial charge in [-0.2, -0.15) is 0 Å². The van der Waals surface area contributed by atoms with Crippen LogP contribution in [0.1, 0.15) is 12.5 Å². The fourth-order valence-corrected chi connectivity index (χ4v) is 2.87. The Bertz CT molecular complexity index is 457. The summed E-state index contributed by atoms with van der Waals surface area (Å²) in [6, 6.07) is 10.1. The van der Waals surface area contributed by atoms with Gasteiger partial charge in [-0.05, 0) is 12.5 Å². The molecule has 2 N–H and O–H groups in total. The maximum atomic E-state index is 12.0. The van der Waals surface area contributed by atoms with Crippen LogP contribution in [-0.2, 0) is 21.3 Å². The van der Waals surface area contributed by atoms with Crippen molar-refractivity contribution in [3.8, 4) is 0 Å². The first-order valence-electron chi connectivity index (χ1n) is 7.00. The summed E-state index contributed by atoms with van der Waals surface area (Å²) in [5, 5.41) is 6.37. The number of hydrogen-bond acceptors (Lipinski definition) is 3. The highest BCUT2D eigenvalue weighted by Crippen LogP contribution is 2.02. The summed E-state index contributed by atoms with van der Waals surface area (Å²) < 4.78 is 17.1. The van der Waals surface area contributed by atoms with Crippen molar-refractivity contribution in [1.82, 2.24) is 10.6 Å². The van der Waals surface area contributed by atoms with Crippen LogP contribution in [0.25, 0.3) is 0 Å². The van der Waals surface area contributed by atoms with Crippen LogP contribution in [0.15, 0.2) is 35.3 Å². The summed E-state index contributed by atoms with van der Waals surface area (Å²) in [7, 11) is 2.51. The molecule has 0 saturated heterocycles. The second-order valence-corrected chi connectivity index (χ2v) is 6.35. The lowest BCUT2D eigenvalue weighted by molar-refractivity contribution is 0.179. The van der Waals surface area contributed by atoms with Gasteiger partial charge in [-0.25, -0.2) is 0 Å². The maximum absolute atomic E-state index is 12.0. The Hall–Kier alpha value is -0.670. The van der Waals surface area contributed by atoms with Gasteiger partial charge in [0.15, 0.2) is 5.96 Å². The van der Waals surface area contributed by atoms with E-state index in [1.807, 2.05) is 37.3 Å². The van der Waals surface area contributed by atoms with Gasteiger partial charge < -0.3 is 15.4 Å². The summed E-state index contributed by atoms with van der Waals surface area (Å²) >= 11 is 0. The Balaban J connectivity index is 0.00000441. The lowest BCUT2D eigenvalue weighted by Crippen LogP contribution is -2.44. The normalized spacial score (nSPS) is 13.9. The van der Waals surface area contributed by atoms with E-state index in [1.165, 1.54) is 0 Å². The molecule has 1 rings (SSSR count). The smallest absolute Gasteiger partial charge is 0.191 e. The Kier molecular flexibility index (Phi) is 12.4. The molecule has 1 aromatic rings. The van der Waals surface area contributed by atoms with Gasteiger partial charge in [0.1, 0.15) is 0 Å². The Labute approximate surface area is 152 Å². The third-order valence-electron chi connectivity index (χ3n) is 2.82. The van der Waals surface area contributed by atoms with Crippen LogP contribution in [-0.4, -0.2) is 49.3 Å². The van der Waals surface area contributed by atoms with Crippen molar-refractivity contribution in [2.24, 2.45) is 4.99 Å². The van der Waals surface area contributed by atoms with Gasteiger partial charge in [0, 0.05) is 49.0 Å². The molecule has 2 unspecified atom stereocenters.